The molecule has 0 spiro atoms. The predicted octanol–water partition coefficient (Wildman–Crippen LogP) is 2.51. The molecule has 0 saturated heterocycles. The van der Waals surface area contributed by atoms with E-state index in [2.05, 4.69) is 0 Å². The molecular formula is C11H18O2. The Bertz CT molecular complexity index is 220. The van der Waals surface area contributed by atoms with Crippen LogP contribution in [0.4, 0.5) is 0 Å². The summed E-state index contributed by atoms with van der Waals surface area (Å²) in [5.74, 6) is -0.279. The molecule has 1 aliphatic carbocycles. The molecule has 0 amide bonds. The van der Waals surface area contributed by atoms with E-state index >= 15 is 0 Å². The smallest absolute Gasteiger partial charge is 0.204 e. The largest absolute Gasteiger partial charge is 0.291 e. The van der Waals surface area contributed by atoms with Crippen molar-refractivity contribution in [2.75, 3.05) is 0 Å². The first-order valence-corrected chi connectivity index (χ1v) is 5.18. The van der Waals surface area contributed by atoms with Crippen LogP contribution in [0.1, 0.15) is 52.4 Å². The second-order valence-corrected chi connectivity index (χ2v) is 4.23. The molecule has 1 unspecified atom stereocenters. The van der Waals surface area contributed by atoms with E-state index in [4.69, 9.17) is 0 Å². The minimum absolute atomic E-state index is 0.130. The second kappa shape index (κ2) is 4.03. The first-order valence-electron chi connectivity index (χ1n) is 5.18. The highest BCUT2D eigenvalue weighted by atomic mass is 16.2. The molecular weight excluding hydrogens is 164 g/mol. The molecule has 1 aliphatic rings. The second-order valence-electron chi connectivity index (χ2n) is 4.23. The van der Waals surface area contributed by atoms with Crippen LogP contribution in [-0.4, -0.2) is 11.6 Å². The average molecular weight is 182 g/mol. The molecule has 0 aliphatic heterocycles. The normalized spacial score (nSPS) is 31.2. The van der Waals surface area contributed by atoms with Crippen molar-refractivity contribution in [3.05, 3.63) is 0 Å². The standard InChI is InChI=1S/C11H18O2/c1-3-11(2)8-6-4-5-7-9(12)10(11)13/h3-8H2,1-2H3. The molecule has 1 atom stereocenters. The van der Waals surface area contributed by atoms with E-state index in [1.807, 2.05) is 13.8 Å². The summed E-state index contributed by atoms with van der Waals surface area (Å²) < 4.78 is 0. The molecule has 74 valence electrons. The number of Topliss-reactive ketones (excluding diaryl/α,β-unsaturated/α-hetero) is 2. The molecule has 1 fully saturated rings. The third-order valence-corrected chi connectivity index (χ3v) is 3.21. The van der Waals surface area contributed by atoms with E-state index in [0.717, 1.165) is 32.1 Å². The Balaban J connectivity index is 2.79. The van der Waals surface area contributed by atoms with Gasteiger partial charge in [-0.25, -0.2) is 0 Å². The van der Waals surface area contributed by atoms with E-state index in [1.54, 1.807) is 0 Å². The lowest BCUT2D eigenvalue weighted by atomic mass is 9.74. The van der Waals surface area contributed by atoms with Crippen LogP contribution < -0.4 is 0 Å². The number of carbonyl (C=O) groups excluding carboxylic acids is 2. The fourth-order valence-electron chi connectivity index (χ4n) is 1.88. The monoisotopic (exact) mass is 182 g/mol. The van der Waals surface area contributed by atoms with Gasteiger partial charge in [-0.2, -0.15) is 0 Å². The van der Waals surface area contributed by atoms with E-state index in [1.165, 1.54) is 0 Å². The van der Waals surface area contributed by atoms with Crippen molar-refractivity contribution in [3.8, 4) is 0 Å². The molecule has 0 aromatic carbocycles. The van der Waals surface area contributed by atoms with Gasteiger partial charge in [-0.1, -0.05) is 26.7 Å². The van der Waals surface area contributed by atoms with Crippen LogP contribution >= 0.6 is 0 Å². The van der Waals surface area contributed by atoms with Crippen LogP contribution in [0.25, 0.3) is 0 Å². The van der Waals surface area contributed by atoms with Gasteiger partial charge in [0, 0.05) is 11.8 Å². The van der Waals surface area contributed by atoms with Crippen molar-refractivity contribution in [1.29, 1.82) is 0 Å². The summed E-state index contributed by atoms with van der Waals surface area (Å²) >= 11 is 0. The molecule has 13 heavy (non-hydrogen) atoms. The zero-order chi connectivity index (χ0) is 9.90. The summed E-state index contributed by atoms with van der Waals surface area (Å²) in [5.41, 5.74) is -0.364. The van der Waals surface area contributed by atoms with Gasteiger partial charge in [0.05, 0.1) is 0 Å². The van der Waals surface area contributed by atoms with Crippen molar-refractivity contribution >= 4 is 11.6 Å². The Labute approximate surface area is 79.7 Å². The van der Waals surface area contributed by atoms with Gasteiger partial charge in [0.25, 0.3) is 0 Å². The maximum absolute atomic E-state index is 11.7. The topological polar surface area (TPSA) is 34.1 Å². The summed E-state index contributed by atoms with van der Waals surface area (Å²) in [4.78, 5) is 23.1. The third-order valence-electron chi connectivity index (χ3n) is 3.21. The lowest BCUT2D eigenvalue weighted by molar-refractivity contribution is -0.143. The van der Waals surface area contributed by atoms with Crippen molar-refractivity contribution in [3.63, 3.8) is 0 Å². The van der Waals surface area contributed by atoms with Crippen LogP contribution in [0.2, 0.25) is 0 Å². The summed E-state index contributed by atoms with van der Waals surface area (Å²) in [7, 11) is 0. The molecule has 0 aromatic rings. The van der Waals surface area contributed by atoms with Gasteiger partial charge >= 0.3 is 0 Å². The predicted molar refractivity (Wildman–Crippen MR) is 51.5 cm³/mol. The zero-order valence-electron chi connectivity index (χ0n) is 8.56. The van der Waals surface area contributed by atoms with Gasteiger partial charge in [-0.3, -0.25) is 9.59 Å². The molecule has 0 bridgehead atoms. The molecule has 1 saturated carbocycles. The van der Waals surface area contributed by atoms with Gasteiger partial charge in [0.2, 0.25) is 5.78 Å². The first-order chi connectivity index (χ1) is 6.10. The number of rotatable bonds is 1. The molecule has 2 nitrogen and oxygen atoms in total. The van der Waals surface area contributed by atoms with Crippen LogP contribution in [-0.2, 0) is 9.59 Å². The number of hydrogen-bond donors (Lipinski definition) is 0. The third kappa shape index (κ3) is 2.17. The fraction of sp³-hybridized carbons (Fsp3) is 0.818. The fourth-order valence-corrected chi connectivity index (χ4v) is 1.88. The minimum atomic E-state index is -0.364. The van der Waals surface area contributed by atoms with Gasteiger partial charge < -0.3 is 0 Å². The highest BCUT2D eigenvalue weighted by molar-refractivity contribution is 6.39. The average Bonchev–Trinajstić information content (AvgIpc) is 2.14. The molecule has 0 heterocycles. The van der Waals surface area contributed by atoms with Crippen LogP contribution in [0.3, 0.4) is 0 Å². The Kier molecular flexibility index (Phi) is 3.23. The lowest BCUT2D eigenvalue weighted by Gasteiger charge is -2.27. The number of hydrogen-bond acceptors (Lipinski definition) is 2. The Morgan fingerprint density at radius 3 is 2.54 bits per heavy atom. The van der Waals surface area contributed by atoms with Crippen molar-refractivity contribution in [2.24, 2.45) is 5.41 Å². The minimum Gasteiger partial charge on any atom is -0.291 e. The molecule has 0 radical (unpaired) electrons. The van der Waals surface area contributed by atoms with Crippen molar-refractivity contribution in [2.45, 2.75) is 52.4 Å². The number of ketones is 2. The summed E-state index contributed by atoms with van der Waals surface area (Å²) in [6, 6.07) is 0. The Morgan fingerprint density at radius 2 is 1.92 bits per heavy atom. The van der Waals surface area contributed by atoms with Gasteiger partial charge in [-0.05, 0) is 19.3 Å². The highest BCUT2D eigenvalue weighted by Crippen LogP contribution is 2.32. The maximum atomic E-state index is 11.7. The van der Waals surface area contributed by atoms with Gasteiger partial charge in [0.15, 0.2) is 5.78 Å². The van der Waals surface area contributed by atoms with Crippen LogP contribution in [0.5, 0.6) is 0 Å². The SMILES string of the molecule is CCC1(C)CCCCCC(=O)C1=O. The van der Waals surface area contributed by atoms with Crippen molar-refractivity contribution in [1.82, 2.24) is 0 Å². The summed E-state index contributed by atoms with van der Waals surface area (Å²) in [6.07, 6.45) is 5.21. The summed E-state index contributed by atoms with van der Waals surface area (Å²) in [6.45, 7) is 3.92. The Hall–Kier alpha value is -0.660. The zero-order valence-corrected chi connectivity index (χ0v) is 8.56. The first kappa shape index (κ1) is 10.4. The molecule has 2 heteroatoms. The lowest BCUT2D eigenvalue weighted by Crippen LogP contribution is -2.34. The maximum Gasteiger partial charge on any atom is 0.204 e. The van der Waals surface area contributed by atoms with Gasteiger partial charge in [0.1, 0.15) is 0 Å². The molecule has 1 rings (SSSR count). The van der Waals surface area contributed by atoms with E-state index in [-0.39, 0.29) is 17.0 Å². The van der Waals surface area contributed by atoms with Gasteiger partial charge in [-0.15, -0.1) is 0 Å². The number of carbonyl (C=O) groups is 2. The van der Waals surface area contributed by atoms with E-state index < -0.39 is 0 Å². The quantitative estimate of drug-likeness (QED) is 0.584. The highest BCUT2D eigenvalue weighted by Gasteiger charge is 2.35. The summed E-state index contributed by atoms with van der Waals surface area (Å²) in [5, 5.41) is 0. The molecule has 0 aromatic heterocycles. The van der Waals surface area contributed by atoms with Crippen LogP contribution in [0.15, 0.2) is 0 Å². The van der Waals surface area contributed by atoms with Crippen molar-refractivity contribution < 1.29 is 9.59 Å². The Morgan fingerprint density at radius 1 is 1.23 bits per heavy atom. The van der Waals surface area contributed by atoms with Crippen LogP contribution in [0, 0.1) is 5.41 Å². The van der Waals surface area contributed by atoms with E-state index in [9.17, 15) is 9.59 Å². The molecule has 0 N–H and O–H groups in total. The van der Waals surface area contributed by atoms with E-state index in [0.29, 0.717) is 6.42 Å².